The topological polar surface area (TPSA) is 35.5 Å². The molecule has 6 heteroatoms. The maximum atomic E-state index is 12.8. The number of aliphatic hydroxyl groups excluding tert-OH is 1. The fourth-order valence-corrected chi connectivity index (χ4v) is 3.24. The van der Waals surface area contributed by atoms with Crippen LogP contribution in [-0.4, -0.2) is 30.8 Å². The summed E-state index contributed by atoms with van der Waals surface area (Å²) in [4.78, 5) is 2.05. The van der Waals surface area contributed by atoms with Gasteiger partial charge in [0.15, 0.2) is 0 Å². The molecule has 0 aromatic heterocycles. The van der Waals surface area contributed by atoms with Gasteiger partial charge in [0.1, 0.15) is 0 Å². The molecule has 0 spiro atoms. The number of benzene rings is 2. The Morgan fingerprint density at radius 2 is 1.80 bits per heavy atom. The summed E-state index contributed by atoms with van der Waals surface area (Å²) in [5, 5.41) is 12.4. The van der Waals surface area contributed by atoms with Crippen LogP contribution in [0, 0.1) is 0 Å². The third-order valence-electron chi connectivity index (χ3n) is 4.50. The van der Waals surface area contributed by atoms with Crippen molar-refractivity contribution in [2.75, 3.05) is 24.6 Å². The minimum Gasteiger partial charge on any atom is -0.395 e. The third kappa shape index (κ3) is 4.14. The maximum Gasteiger partial charge on any atom is 0.416 e. The van der Waals surface area contributed by atoms with E-state index in [1.165, 1.54) is 17.7 Å². The van der Waals surface area contributed by atoms with Gasteiger partial charge in [-0.2, -0.15) is 13.2 Å². The second-order valence-electron chi connectivity index (χ2n) is 6.20. The zero-order valence-corrected chi connectivity index (χ0v) is 13.8. The number of halogens is 3. The smallest absolute Gasteiger partial charge is 0.395 e. The Kier molecular flexibility index (Phi) is 5.30. The molecule has 0 aliphatic carbocycles. The lowest BCUT2D eigenvalue weighted by atomic mass is 10.1. The Labute approximate surface area is 145 Å². The van der Waals surface area contributed by atoms with E-state index in [-0.39, 0.29) is 12.6 Å². The van der Waals surface area contributed by atoms with Crippen LogP contribution >= 0.6 is 0 Å². The highest BCUT2D eigenvalue weighted by molar-refractivity contribution is 5.67. The number of anilines is 2. The molecule has 0 saturated carbocycles. The second kappa shape index (κ2) is 7.45. The number of para-hydroxylation sites is 1. The number of hydrogen-bond donors (Lipinski definition) is 2. The maximum absolute atomic E-state index is 12.8. The molecule has 3 rings (SSSR count). The van der Waals surface area contributed by atoms with Crippen molar-refractivity contribution in [3.63, 3.8) is 0 Å². The molecule has 134 valence electrons. The first-order chi connectivity index (χ1) is 12.0. The Morgan fingerprint density at radius 3 is 2.48 bits per heavy atom. The number of aliphatic hydroxyl groups is 1. The Bertz CT molecular complexity index is 701. The fourth-order valence-electron chi connectivity index (χ4n) is 3.24. The van der Waals surface area contributed by atoms with Crippen molar-refractivity contribution < 1.29 is 18.3 Å². The number of fused-ring (bicyclic) bond motifs is 1. The highest BCUT2D eigenvalue weighted by Crippen LogP contribution is 2.35. The van der Waals surface area contributed by atoms with Crippen LogP contribution in [0.3, 0.4) is 0 Å². The van der Waals surface area contributed by atoms with Crippen molar-refractivity contribution in [2.45, 2.75) is 25.1 Å². The summed E-state index contributed by atoms with van der Waals surface area (Å²) in [6, 6.07) is 13.4. The van der Waals surface area contributed by atoms with Crippen LogP contribution in [0.25, 0.3) is 0 Å². The van der Waals surface area contributed by atoms with Crippen molar-refractivity contribution in [1.82, 2.24) is 5.32 Å². The predicted molar refractivity (Wildman–Crippen MR) is 92.1 cm³/mol. The van der Waals surface area contributed by atoms with Gasteiger partial charge in [-0.3, -0.25) is 0 Å². The van der Waals surface area contributed by atoms with Gasteiger partial charge in [-0.25, -0.2) is 0 Å². The van der Waals surface area contributed by atoms with Gasteiger partial charge < -0.3 is 15.3 Å². The molecule has 1 atom stereocenters. The van der Waals surface area contributed by atoms with Crippen molar-refractivity contribution in [3.05, 3.63) is 59.7 Å². The Balaban J connectivity index is 1.92. The monoisotopic (exact) mass is 350 g/mol. The van der Waals surface area contributed by atoms with Crippen LogP contribution in [0.15, 0.2) is 48.5 Å². The molecule has 2 aromatic rings. The second-order valence-corrected chi connectivity index (χ2v) is 6.20. The van der Waals surface area contributed by atoms with Crippen molar-refractivity contribution in [3.8, 4) is 0 Å². The summed E-state index contributed by atoms with van der Waals surface area (Å²) in [6.45, 7) is 1.20. The van der Waals surface area contributed by atoms with Crippen LogP contribution < -0.4 is 10.2 Å². The minimum atomic E-state index is -4.33. The molecular weight excluding hydrogens is 329 g/mol. The van der Waals surface area contributed by atoms with E-state index in [9.17, 15) is 13.2 Å². The van der Waals surface area contributed by atoms with Crippen LogP contribution in [0.2, 0.25) is 0 Å². The number of aryl methyl sites for hydroxylation is 1. The van der Waals surface area contributed by atoms with Gasteiger partial charge in [0, 0.05) is 30.5 Å². The number of nitrogens with one attached hydrogen (secondary N) is 1. The molecule has 0 bridgehead atoms. The van der Waals surface area contributed by atoms with Gasteiger partial charge in [0.05, 0.1) is 12.2 Å². The third-order valence-corrected chi connectivity index (χ3v) is 4.50. The Morgan fingerprint density at radius 1 is 1.08 bits per heavy atom. The first-order valence-corrected chi connectivity index (χ1v) is 8.36. The lowest BCUT2D eigenvalue weighted by Crippen LogP contribution is -2.39. The minimum absolute atomic E-state index is 0.0593. The number of nitrogens with zero attached hydrogens (tertiary/aromatic N) is 1. The summed E-state index contributed by atoms with van der Waals surface area (Å²) in [5.41, 5.74) is 2.29. The molecular formula is C19H21F3N2O. The average Bonchev–Trinajstić information content (AvgIpc) is 2.79. The van der Waals surface area contributed by atoms with Crippen molar-refractivity contribution in [1.29, 1.82) is 0 Å². The standard InChI is InChI=1S/C19H21F3N2O/c20-19(21,22)15-6-9-17(10-7-15)24-13-16(23-11-12-25)8-5-14-3-1-2-4-18(14)24/h1-4,6-7,9-10,16,23,25H,5,8,11-13H2/t16-/m1/s1. The summed E-state index contributed by atoms with van der Waals surface area (Å²) in [7, 11) is 0. The van der Waals surface area contributed by atoms with Gasteiger partial charge in [-0.1, -0.05) is 18.2 Å². The van der Waals surface area contributed by atoms with E-state index in [1.807, 2.05) is 18.2 Å². The molecule has 1 heterocycles. The SMILES string of the molecule is OCCN[C@@H]1CCc2ccccc2N(c2ccc(C(F)(F)F)cc2)C1. The molecule has 0 radical (unpaired) electrons. The molecule has 1 aliphatic rings. The molecule has 0 unspecified atom stereocenters. The summed E-state index contributed by atoms with van der Waals surface area (Å²) < 4.78 is 38.5. The lowest BCUT2D eigenvalue weighted by Gasteiger charge is -2.28. The summed E-state index contributed by atoms with van der Waals surface area (Å²) in [6.07, 6.45) is -2.54. The molecule has 25 heavy (non-hydrogen) atoms. The molecule has 0 saturated heterocycles. The zero-order chi connectivity index (χ0) is 17.9. The normalized spacial score (nSPS) is 17.9. The Hall–Kier alpha value is -2.05. The van der Waals surface area contributed by atoms with E-state index >= 15 is 0 Å². The first kappa shape index (κ1) is 17.8. The molecule has 0 fully saturated rings. The van der Waals surface area contributed by atoms with Crippen LogP contribution in [0.1, 0.15) is 17.5 Å². The van der Waals surface area contributed by atoms with E-state index < -0.39 is 11.7 Å². The largest absolute Gasteiger partial charge is 0.416 e. The molecule has 2 aromatic carbocycles. The highest BCUT2D eigenvalue weighted by Gasteiger charge is 2.30. The van der Waals surface area contributed by atoms with Gasteiger partial charge in [-0.15, -0.1) is 0 Å². The van der Waals surface area contributed by atoms with Crippen LogP contribution in [0.4, 0.5) is 24.5 Å². The molecule has 2 N–H and O–H groups in total. The fraction of sp³-hybridized carbons (Fsp3) is 0.368. The average molecular weight is 350 g/mol. The van der Waals surface area contributed by atoms with Crippen molar-refractivity contribution in [2.24, 2.45) is 0 Å². The number of rotatable bonds is 4. The lowest BCUT2D eigenvalue weighted by molar-refractivity contribution is -0.137. The first-order valence-electron chi connectivity index (χ1n) is 8.36. The van der Waals surface area contributed by atoms with Crippen LogP contribution in [-0.2, 0) is 12.6 Å². The van der Waals surface area contributed by atoms with Gasteiger partial charge in [-0.05, 0) is 48.7 Å². The van der Waals surface area contributed by atoms with Gasteiger partial charge in [0.2, 0.25) is 0 Å². The van der Waals surface area contributed by atoms with E-state index in [2.05, 4.69) is 16.3 Å². The van der Waals surface area contributed by atoms with Gasteiger partial charge in [0.25, 0.3) is 0 Å². The zero-order valence-electron chi connectivity index (χ0n) is 13.8. The van der Waals surface area contributed by atoms with Crippen molar-refractivity contribution >= 4 is 11.4 Å². The molecule has 3 nitrogen and oxygen atoms in total. The van der Waals surface area contributed by atoms with Gasteiger partial charge >= 0.3 is 6.18 Å². The van der Waals surface area contributed by atoms with Crippen LogP contribution in [0.5, 0.6) is 0 Å². The van der Waals surface area contributed by atoms with E-state index in [4.69, 9.17) is 5.11 Å². The number of alkyl halides is 3. The summed E-state index contributed by atoms with van der Waals surface area (Å²) >= 11 is 0. The van der Waals surface area contributed by atoms with E-state index in [0.717, 1.165) is 36.3 Å². The van der Waals surface area contributed by atoms with E-state index in [0.29, 0.717) is 13.1 Å². The quantitative estimate of drug-likeness (QED) is 0.882. The number of hydrogen-bond acceptors (Lipinski definition) is 3. The predicted octanol–water partition coefficient (Wildman–Crippen LogP) is 3.74. The molecule has 1 aliphatic heterocycles. The van der Waals surface area contributed by atoms with E-state index in [1.54, 1.807) is 0 Å². The summed E-state index contributed by atoms with van der Waals surface area (Å²) in [5.74, 6) is 0. The molecule has 0 amide bonds. The highest BCUT2D eigenvalue weighted by atomic mass is 19.4.